The van der Waals surface area contributed by atoms with Gasteiger partial charge in [0, 0.05) is 18.9 Å². The molecular formula is C16H22F2N3O5S2+. The second-order valence-corrected chi connectivity index (χ2v) is 10.00. The Bertz CT molecular complexity index is 884. The highest BCUT2D eigenvalue weighted by molar-refractivity contribution is 7.93. The zero-order chi connectivity index (χ0) is 21.4. The Labute approximate surface area is 167 Å². The average Bonchev–Trinajstić information content (AvgIpc) is 2.61. The first-order chi connectivity index (χ1) is 12.9. The summed E-state index contributed by atoms with van der Waals surface area (Å²) in [5.74, 6) is -3.88. The first-order valence-electron chi connectivity index (χ1n) is 8.44. The molecule has 2 rings (SSSR count). The molecule has 156 valence electrons. The van der Waals surface area contributed by atoms with E-state index < -0.39 is 42.7 Å². The summed E-state index contributed by atoms with van der Waals surface area (Å²) in [4.78, 5) is 20.6. The summed E-state index contributed by atoms with van der Waals surface area (Å²) < 4.78 is 59.2. The summed E-state index contributed by atoms with van der Waals surface area (Å²) in [5.41, 5.74) is 3.99. The van der Waals surface area contributed by atoms with Crippen LogP contribution in [0.1, 0.15) is 19.8 Å². The van der Waals surface area contributed by atoms with Crippen molar-refractivity contribution in [3.05, 3.63) is 34.7 Å². The minimum Gasteiger partial charge on any atom is -0.464 e. The van der Waals surface area contributed by atoms with E-state index >= 15 is 0 Å². The Morgan fingerprint density at radius 2 is 1.96 bits per heavy atom. The highest BCUT2D eigenvalue weighted by Crippen LogP contribution is 2.44. The predicted molar refractivity (Wildman–Crippen MR) is 99.8 cm³/mol. The van der Waals surface area contributed by atoms with Crippen LogP contribution in [-0.2, 0) is 19.4 Å². The van der Waals surface area contributed by atoms with Gasteiger partial charge in [0.1, 0.15) is 16.5 Å². The fourth-order valence-electron chi connectivity index (χ4n) is 3.27. The third-order valence-electron chi connectivity index (χ3n) is 5.07. The number of carbonyl (C=O) groups is 1. The van der Waals surface area contributed by atoms with Crippen LogP contribution in [0.3, 0.4) is 0 Å². The molecule has 1 saturated heterocycles. The van der Waals surface area contributed by atoms with E-state index in [4.69, 9.17) is 10.5 Å². The number of nitrogens with two attached hydrogens (primary N) is 1. The number of benzene rings is 1. The molecule has 1 heterocycles. The number of thiol groups is 1. The highest BCUT2D eigenvalue weighted by Gasteiger charge is 2.68. The molecule has 28 heavy (non-hydrogen) atoms. The molecule has 1 aromatic carbocycles. The number of piperidine rings is 1. The molecule has 0 saturated carbocycles. The van der Waals surface area contributed by atoms with Gasteiger partial charge in [-0.1, -0.05) is 5.18 Å². The quantitative estimate of drug-likeness (QED) is 0.229. The molecular weight excluding hydrogens is 416 g/mol. The summed E-state index contributed by atoms with van der Waals surface area (Å²) in [6.45, 7) is 1.55. The van der Waals surface area contributed by atoms with E-state index in [1.54, 1.807) is 7.05 Å². The standard InChI is InChI=1S/C16H22F2N3O5S2/c1-3-26-14(22)16(19,15(20-23)6-8-21(2,27)9-7-15)28(24,25)13-5-4-11(17)10-12(13)18/h4-5,10,27H,3,6-9,19H2,1-2H3/q+1. The van der Waals surface area contributed by atoms with Gasteiger partial charge >= 0.3 is 5.97 Å². The smallest absolute Gasteiger partial charge is 0.345 e. The van der Waals surface area contributed by atoms with Crippen molar-refractivity contribution in [1.82, 2.24) is 0 Å². The number of hydrogen-bond donors (Lipinski definition) is 2. The molecule has 1 unspecified atom stereocenters. The highest BCUT2D eigenvalue weighted by atomic mass is 32.2. The monoisotopic (exact) mass is 438 g/mol. The molecule has 0 bridgehead atoms. The fraction of sp³-hybridized carbons (Fsp3) is 0.562. The zero-order valence-electron chi connectivity index (χ0n) is 15.4. The molecule has 2 N–H and O–H groups in total. The molecule has 0 aromatic heterocycles. The van der Waals surface area contributed by atoms with Gasteiger partial charge < -0.3 is 10.5 Å². The van der Waals surface area contributed by atoms with Gasteiger partial charge in [-0.3, -0.25) is 3.89 Å². The predicted octanol–water partition coefficient (Wildman–Crippen LogP) is 1.55. The van der Waals surface area contributed by atoms with Crippen molar-refractivity contribution >= 4 is 28.6 Å². The number of nitroso groups, excluding NO2 is 1. The largest absolute Gasteiger partial charge is 0.464 e. The third-order valence-corrected chi connectivity index (χ3v) is 7.77. The van der Waals surface area contributed by atoms with Crippen LogP contribution in [0.25, 0.3) is 0 Å². The number of sulfone groups is 1. The minimum absolute atomic E-state index is 0.154. The minimum atomic E-state index is -5.04. The van der Waals surface area contributed by atoms with Crippen LogP contribution in [0.2, 0.25) is 0 Å². The zero-order valence-corrected chi connectivity index (χ0v) is 17.1. The van der Waals surface area contributed by atoms with E-state index in [1.807, 2.05) is 0 Å². The summed E-state index contributed by atoms with van der Waals surface area (Å²) in [6.07, 6.45) is -0.401. The van der Waals surface area contributed by atoms with Gasteiger partial charge in [0.05, 0.1) is 39.6 Å². The molecule has 0 amide bonds. The first-order valence-corrected chi connectivity index (χ1v) is 10.3. The van der Waals surface area contributed by atoms with Crippen molar-refractivity contribution in [2.75, 3.05) is 26.7 Å². The van der Waals surface area contributed by atoms with Gasteiger partial charge in [0.15, 0.2) is 5.54 Å². The van der Waals surface area contributed by atoms with Crippen molar-refractivity contribution < 1.29 is 30.6 Å². The summed E-state index contributed by atoms with van der Waals surface area (Å²) in [7, 11) is -3.31. The van der Waals surface area contributed by atoms with Crippen LogP contribution in [0.15, 0.2) is 28.3 Å². The average molecular weight is 438 g/mol. The summed E-state index contributed by atoms with van der Waals surface area (Å²) in [5, 5.41) is 2.96. The lowest BCUT2D eigenvalue weighted by molar-refractivity contribution is -0.778. The Hall–Kier alpha value is -1.63. The molecule has 8 nitrogen and oxygen atoms in total. The first kappa shape index (κ1) is 22.7. The van der Waals surface area contributed by atoms with Crippen molar-refractivity contribution in [3.8, 4) is 0 Å². The normalized spacial score (nSPS) is 27.6. The van der Waals surface area contributed by atoms with Crippen LogP contribution < -0.4 is 5.73 Å². The maximum absolute atomic E-state index is 14.3. The number of halogens is 2. The molecule has 1 fully saturated rings. The maximum Gasteiger partial charge on any atom is 0.345 e. The van der Waals surface area contributed by atoms with Crippen molar-refractivity contribution in [1.29, 1.82) is 0 Å². The molecule has 0 spiro atoms. The number of nitrogens with zero attached hydrogens (tertiary/aromatic N) is 2. The van der Waals surface area contributed by atoms with E-state index in [1.165, 1.54) is 6.92 Å². The lowest BCUT2D eigenvalue weighted by atomic mass is 9.81. The SMILES string of the molecule is CCOC(=O)C(N)(C1(N=O)CC[N+](C)(S)CC1)S(=O)(=O)c1ccc(F)cc1F. The second-order valence-electron chi connectivity index (χ2n) is 6.94. The van der Waals surface area contributed by atoms with Gasteiger partial charge in [0.2, 0.25) is 9.84 Å². The van der Waals surface area contributed by atoms with Crippen molar-refractivity contribution in [2.24, 2.45) is 10.9 Å². The van der Waals surface area contributed by atoms with Gasteiger partial charge in [-0.2, -0.15) is 4.91 Å². The Morgan fingerprint density at radius 3 is 2.43 bits per heavy atom. The van der Waals surface area contributed by atoms with E-state index in [0.29, 0.717) is 18.2 Å². The van der Waals surface area contributed by atoms with Crippen LogP contribution >= 0.6 is 12.8 Å². The van der Waals surface area contributed by atoms with Gasteiger partial charge in [-0.25, -0.2) is 22.0 Å². The fourth-order valence-corrected chi connectivity index (χ4v) is 5.40. The Morgan fingerprint density at radius 1 is 1.39 bits per heavy atom. The summed E-state index contributed by atoms with van der Waals surface area (Å²) in [6, 6.07) is 1.72. The lowest BCUT2D eigenvalue weighted by Crippen LogP contribution is -2.72. The number of esters is 1. The number of likely N-dealkylation sites (tertiary alicyclic amines) is 1. The van der Waals surface area contributed by atoms with E-state index in [0.717, 1.165) is 0 Å². The number of ether oxygens (including phenoxy) is 1. The second kappa shape index (κ2) is 7.65. The molecule has 0 radical (unpaired) electrons. The van der Waals surface area contributed by atoms with Crippen LogP contribution in [0.4, 0.5) is 8.78 Å². The van der Waals surface area contributed by atoms with E-state index in [2.05, 4.69) is 18.0 Å². The van der Waals surface area contributed by atoms with Gasteiger partial charge in [-0.05, 0) is 19.1 Å². The number of carbonyl (C=O) groups excluding carboxylic acids is 1. The number of rotatable bonds is 6. The Kier molecular flexibility index (Phi) is 6.19. The Balaban J connectivity index is 2.73. The third kappa shape index (κ3) is 3.53. The van der Waals surface area contributed by atoms with E-state index in [-0.39, 0.29) is 36.4 Å². The lowest BCUT2D eigenvalue weighted by Gasteiger charge is -2.45. The molecule has 1 aliphatic heterocycles. The van der Waals surface area contributed by atoms with Crippen molar-refractivity contribution in [2.45, 2.75) is 35.1 Å². The maximum atomic E-state index is 14.3. The molecule has 1 aromatic rings. The van der Waals surface area contributed by atoms with Crippen LogP contribution in [0, 0.1) is 16.5 Å². The number of hydrogen-bond acceptors (Lipinski definition) is 8. The van der Waals surface area contributed by atoms with Crippen molar-refractivity contribution in [3.63, 3.8) is 0 Å². The molecule has 0 aliphatic carbocycles. The topological polar surface area (TPSA) is 116 Å². The van der Waals surface area contributed by atoms with Gasteiger partial charge in [0.25, 0.3) is 4.87 Å². The van der Waals surface area contributed by atoms with Crippen LogP contribution in [-0.4, -0.2) is 55.4 Å². The van der Waals surface area contributed by atoms with Crippen LogP contribution in [0.5, 0.6) is 0 Å². The molecule has 1 atom stereocenters. The number of quaternary nitrogens is 1. The van der Waals surface area contributed by atoms with Gasteiger partial charge in [-0.15, -0.1) is 0 Å². The van der Waals surface area contributed by atoms with E-state index in [9.17, 15) is 26.9 Å². The molecule has 12 heteroatoms. The summed E-state index contributed by atoms with van der Waals surface area (Å²) >= 11 is 4.38. The molecule has 1 aliphatic rings.